The van der Waals surface area contributed by atoms with Crippen LogP contribution in [0.1, 0.15) is 29.7 Å². The van der Waals surface area contributed by atoms with Gasteiger partial charge in [-0.25, -0.2) is 9.79 Å². The van der Waals surface area contributed by atoms with E-state index in [9.17, 15) is 9.59 Å². The number of esters is 1. The Balaban J connectivity index is 1.87. The zero-order valence-corrected chi connectivity index (χ0v) is 21.2. The summed E-state index contributed by atoms with van der Waals surface area (Å²) in [6, 6.07) is 15.3. The standard InChI is InChI=1S/C26H26N2O4S2/c1-16-5-7-18(8-6-16)15-21-24(29)28-23(19-9-11-20(33-4)12-10-19)22(17(2)27-26(28)34-21)25(30)32-14-13-31-3/h5-12,15,23H,13-14H2,1-4H3/b21-15+/t23-/m0/s1. The number of aromatic nitrogens is 1. The van der Waals surface area contributed by atoms with Gasteiger partial charge in [0.2, 0.25) is 0 Å². The minimum absolute atomic E-state index is 0.127. The Bertz CT molecular complexity index is 1400. The second-order valence-electron chi connectivity index (χ2n) is 7.89. The number of thioether (sulfide) groups is 1. The first kappa shape index (κ1) is 24.2. The first-order chi connectivity index (χ1) is 16.4. The van der Waals surface area contributed by atoms with Crippen molar-refractivity contribution in [1.29, 1.82) is 0 Å². The number of aryl methyl sites for hydroxylation is 1. The average Bonchev–Trinajstić information content (AvgIpc) is 3.14. The summed E-state index contributed by atoms with van der Waals surface area (Å²) in [4.78, 5) is 33.0. The maximum absolute atomic E-state index is 13.6. The lowest BCUT2D eigenvalue weighted by Crippen LogP contribution is -2.40. The van der Waals surface area contributed by atoms with Crippen molar-refractivity contribution in [3.05, 3.63) is 96.2 Å². The Kier molecular flexibility index (Phi) is 7.50. The fourth-order valence-corrected chi connectivity index (χ4v) is 5.25. The molecule has 0 radical (unpaired) electrons. The molecule has 4 rings (SSSR count). The number of carbonyl (C=O) groups excluding carboxylic acids is 1. The maximum atomic E-state index is 13.6. The molecule has 0 saturated carbocycles. The molecule has 0 N–H and O–H groups in total. The zero-order chi connectivity index (χ0) is 24.2. The van der Waals surface area contributed by atoms with Crippen molar-refractivity contribution >= 4 is 35.1 Å². The third-order valence-corrected chi connectivity index (χ3v) is 7.30. The topological polar surface area (TPSA) is 69.9 Å². The monoisotopic (exact) mass is 494 g/mol. The van der Waals surface area contributed by atoms with E-state index in [1.807, 2.05) is 67.8 Å². The van der Waals surface area contributed by atoms with Gasteiger partial charge in [-0.1, -0.05) is 53.3 Å². The van der Waals surface area contributed by atoms with Gasteiger partial charge >= 0.3 is 5.97 Å². The quantitative estimate of drug-likeness (QED) is 0.286. The summed E-state index contributed by atoms with van der Waals surface area (Å²) in [6.45, 7) is 4.23. The van der Waals surface area contributed by atoms with Gasteiger partial charge in [0, 0.05) is 12.0 Å². The number of thiazole rings is 1. The van der Waals surface area contributed by atoms with Crippen molar-refractivity contribution in [2.45, 2.75) is 24.8 Å². The van der Waals surface area contributed by atoms with E-state index in [1.54, 1.807) is 30.4 Å². The van der Waals surface area contributed by atoms with Gasteiger partial charge in [0.15, 0.2) is 4.80 Å². The van der Waals surface area contributed by atoms with E-state index in [4.69, 9.17) is 9.47 Å². The van der Waals surface area contributed by atoms with Gasteiger partial charge in [-0.05, 0) is 49.4 Å². The Labute approximate surface area is 206 Å². The van der Waals surface area contributed by atoms with Crippen molar-refractivity contribution in [3.8, 4) is 0 Å². The van der Waals surface area contributed by atoms with Crippen molar-refractivity contribution < 1.29 is 14.3 Å². The summed E-state index contributed by atoms with van der Waals surface area (Å²) in [5.74, 6) is -0.495. The van der Waals surface area contributed by atoms with Crippen LogP contribution in [0.2, 0.25) is 0 Å². The molecule has 6 nitrogen and oxygen atoms in total. The Hall–Kier alpha value is -2.94. The van der Waals surface area contributed by atoms with E-state index in [1.165, 1.54) is 11.3 Å². The van der Waals surface area contributed by atoms with Crippen LogP contribution in [0.4, 0.5) is 0 Å². The summed E-state index contributed by atoms with van der Waals surface area (Å²) in [7, 11) is 1.55. The molecule has 0 amide bonds. The Morgan fingerprint density at radius 3 is 2.47 bits per heavy atom. The highest BCUT2D eigenvalue weighted by Crippen LogP contribution is 2.31. The van der Waals surface area contributed by atoms with E-state index < -0.39 is 12.0 Å². The van der Waals surface area contributed by atoms with Gasteiger partial charge in [-0.2, -0.15) is 0 Å². The van der Waals surface area contributed by atoms with Gasteiger partial charge in [0.25, 0.3) is 5.56 Å². The van der Waals surface area contributed by atoms with Gasteiger partial charge in [0.05, 0.1) is 28.5 Å². The van der Waals surface area contributed by atoms with E-state index in [0.717, 1.165) is 21.6 Å². The van der Waals surface area contributed by atoms with Crippen molar-refractivity contribution in [1.82, 2.24) is 4.57 Å². The lowest BCUT2D eigenvalue weighted by molar-refractivity contribution is -0.140. The molecular formula is C26H26N2O4S2. The highest BCUT2D eigenvalue weighted by Gasteiger charge is 2.33. The molecule has 1 atom stereocenters. The molecule has 176 valence electrons. The molecule has 0 fully saturated rings. The molecule has 1 aromatic heterocycles. The largest absolute Gasteiger partial charge is 0.460 e. The van der Waals surface area contributed by atoms with Gasteiger partial charge in [0.1, 0.15) is 6.61 Å². The number of nitrogens with zero attached hydrogens (tertiary/aromatic N) is 2. The van der Waals surface area contributed by atoms with E-state index >= 15 is 0 Å². The normalized spacial score (nSPS) is 15.8. The highest BCUT2D eigenvalue weighted by atomic mass is 32.2. The van der Waals surface area contributed by atoms with E-state index in [-0.39, 0.29) is 12.2 Å². The zero-order valence-electron chi connectivity index (χ0n) is 19.5. The average molecular weight is 495 g/mol. The molecule has 0 spiro atoms. The lowest BCUT2D eigenvalue weighted by atomic mass is 9.96. The second kappa shape index (κ2) is 10.5. The van der Waals surface area contributed by atoms with Crippen molar-refractivity contribution in [3.63, 3.8) is 0 Å². The van der Waals surface area contributed by atoms with Crippen LogP contribution in [-0.2, 0) is 14.3 Å². The minimum atomic E-state index is -0.623. The SMILES string of the molecule is COCCOC(=O)C1=C(C)N=c2s/c(=C/c3ccc(C)cc3)c(=O)n2[C@H]1c1ccc(SC)cc1. The number of hydrogen-bond acceptors (Lipinski definition) is 7. The van der Waals surface area contributed by atoms with E-state index in [2.05, 4.69) is 4.99 Å². The molecule has 0 unspecified atom stereocenters. The number of hydrogen-bond donors (Lipinski definition) is 0. The molecule has 0 aliphatic carbocycles. The summed E-state index contributed by atoms with van der Waals surface area (Å²) >= 11 is 2.96. The molecule has 1 aliphatic heterocycles. The molecule has 34 heavy (non-hydrogen) atoms. The van der Waals surface area contributed by atoms with Gasteiger partial charge in [-0.15, -0.1) is 11.8 Å². The molecule has 3 aromatic rings. The summed E-state index contributed by atoms with van der Waals surface area (Å²) in [5, 5.41) is 0. The summed E-state index contributed by atoms with van der Waals surface area (Å²) in [5.41, 5.74) is 3.64. The molecule has 2 aromatic carbocycles. The highest BCUT2D eigenvalue weighted by molar-refractivity contribution is 7.98. The van der Waals surface area contributed by atoms with Crippen LogP contribution < -0.4 is 14.9 Å². The van der Waals surface area contributed by atoms with Crippen LogP contribution in [0.3, 0.4) is 0 Å². The van der Waals surface area contributed by atoms with Crippen LogP contribution in [0.25, 0.3) is 6.08 Å². The number of allylic oxidation sites excluding steroid dienone is 1. The number of benzene rings is 2. The summed E-state index contributed by atoms with van der Waals surface area (Å²) in [6.07, 6.45) is 3.87. The van der Waals surface area contributed by atoms with Gasteiger partial charge in [-0.3, -0.25) is 9.36 Å². The van der Waals surface area contributed by atoms with E-state index in [0.29, 0.717) is 27.2 Å². The molecule has 1 aliphatic rings. The maximum Gasteiger partial charge on any atom is 0.338 e. The van der Waals surface area contributed by atoms with Crippen LogP contribution in [0, 0.1) is 6.92 Å². The van der Waals surface area contributed by atoms with Crippen LogP contribution in [-0.4, -0.2) is 37.1 Å². The number of methoxy groups -OCH3 is 1. The molecule has 0 bridgehead atoms. The first-order valence-corrected chi connectivity index (χ1v) is 12.9. The Morgan fingerprint density at radius 1 is 1.12 bits per heavy atom. The molecule has 2 heterocycles. The molecular weight excluding hydrogens is 468 g/mol. The van der Waals surface area contributed by atoms with Gasteiger partial charge < -0.3 is 9.47 Å². The number of ether oxygens (including phenoxy) is 2. The summed E-state index contributed by atoms with van der Waals surface area (Å²) < 4.78 is 12.6. The fraction of sp³-hybridized carbons (Fsp3) is 0.269. The second-order valence-corrected chi connectivity index (χ2v) is 9.78. The number of rotatable bonds is 7. The minimum Gasteiger partial charge on any atom is -0.460 e. The van der Waals surface area contributed by atoms with Crippen LogP contribution in [0.5, 0.6) is 0 Å². The predicted octanol–water partition coefficient (Wildman–Crippen LogP) is 3.46. The first-order valence-electron chi connectivity index (χ1n) is 10.8. The number of carbonyl (C=O) groups is 1. The Morgan fingerprint density at radius 2 is 1.82 bits per heavy atom. The smallest absolute Gasteiger partial charge is 0.338 e. The third kappa shape index (κ3) is 4.94. The molecule has 0 saturated heterocycles. The van der Waals surface area contributed by atoms with Crippen molar-refractivity contribution in [2.75, 3.05) is 26.6 Å². The van der Waals surface area contributed by atoms with Crippen LogP contribution in [0.15, 0.2) is 74.5 Å². The fourth-order valence-electron chi connectivity index (χ4n) is 3.79. The third-order valence-electron chi connectivity index (χ3n) is 5.57. The van der Waals surface area contributed by atoms with Crippen molar-refractivity contribution in [2.24, 2.45) is 4.99 Å². The predicted molar refractivity (Wildman–Crippen MR) is 136 cm³/mol. The van der Waals surface area contributed by atoms with Crippen LogP contribution >= 0.6 is 23.1 Å². The number of fused-ring (bicyclic) bond motifs is 1. The lowest BCUT2D eigenvalue weighted by Gasteiger charge is -2.25. The molecule has 8 heteroatoms.